The van der Waals surface area contributed by atoms with Gasteiger partial charge in [0.25, 0.3) is 5.91 Å². The van der Waals surface area contributed by atoms with Crippen LogP contribution in [0.5, 0.6) is 0 Å². The number of nitrogens with zero attached hydrogens (tertiary/aromatic N) is 4. The number of aromatic nitrogens is 2. The van der Waals surface area contributed by atoms with E-state index in [1.807, 2.05) is 54.6 Å². The summed E-state index contributed by atoms with van der Waals surface area (Å²) in [5.74, 6) is -0.145. The van der Waals surface area contributed by atoms with Crippen LogP contribution in [-0.2, 0) is 12.1 Å². The van der Waals surface area contributed by atoms with Gasteiger partial charge in [0, 0.05) is 37.2 Å². The van der Waals surface area contributed by atoms with E-state index in [1.54, 1.807) is 10.9 Å². The molecule has 0 unspecified atom stereocenters. The summed E-state index contributed by atoms with van der Waals surface area (Å²) in [6.45, 7) is 2.47. The smallest absolute Gasteiger partial charge is 0.254 e. The highest BCUT2D eigenvalue weighted by molar-refractivity contribution is 5.98. The first kappa shape index (κ1) is 21.4. The van der Waals surface area contributed by atoms with Crippen LogP contribution in [0.25, 0.3) is 0 Å². The van der Waals surface area contributed by atoms with Gasteiger partial charge in [-0.25, -0.2) is 0 Å². The lowest BCUT2D eigenvalue weighted by atomic mass is 9.84. The third-order valence-electron chi connectivity index (χ3n) is 6.08. The molecule has 32 heavy (non-hydrogen) atoms. The van der Waals surface area contributed by atoms with Crippen molar-refractivity contribution in [3.8, 4) is 6.07 Å². The van der Waals surface area contributed by atoms with Gasteiger partial charge in [-0.15, -0.1) is 0 Å². The molecule has 5 N–H and O–H groups in total. The highest BCUT2D eigenvalue weighted by atomic mass is 16.1. The molecule has 0 bridgehead atoms. The molecule has 1 fully saturated rings. The normalized spacial score (nSPS) is 15.7. The first-order valence-electron chi connectivity index (χ1n) is 10.6. The van der Waals surface area contributed by atoms with Crippen molar-refractivity contribution in [2.24, 2.45) is 5.73 Å². The van der Waals surface area contributed by atoms with E-state index in [-0.39, 0.29) is 0 Å². The van der Waals surface area contributed by atoms with E-state index >= 15 is 0 Å². The molecule has 2 aromatic carbocycles. The minimum absolute atomic E-state index is 0.313. The molecule has 0 spiro atoms. The third kappa shape index (κ3) is 4.58. The van der Waals surface area contributed by atoms with Crippen molar-refractivity contribution in [3.63, 3.8) is 0 Å². The number of hydrogen-bond donors (Lipinski definition) is 3. The molecule has 3 aromatic rings. The van der Waals surface area contributed by atoms with Crippen LogP contribution in [0, 0.1) is 11.3 Å². The first-order valence-corrected chi connectivity index (χ1v) is 10.6. The molecule has 2 heterocycles. The SMILES string of the molecule is N#CCC1(n2cc(C(N)=O)c(Nc3ccccc3)n2)CCN(Cc2ccc(N)cc2)CC1. The van der Waals surface area contributed by atoms with Crippen molar-refractivity contribution in [1.29, 1.82) is 5.26 Å². The Morgan fingerprint density at radius 2 is 1.81 bits per heavy atom. The van der Waals surface area contributed by atoms with E-state index in [4.69, 9.17) is 11.5 Å². The largest absolute Gasteiger partial charge is 0.399 e. The number of carbonyl (C=O) groups excluding carboxylic acids is 1. The fourth-order valence-corrected chi connectivity index (χ4v) is 4.19. The van der Waals surface area contributed by atoms with Gasteiger partial charge >= 0.3 is 0 Å². The number of rotatable bonds is 7. The monoisotopic (exact) mass is 429 g/mol. The summed E-state index contributed by atoms with van der Waals surface area (Å²) in [4.78, 5) is 14.5. The molecule has 1 aliphatic heterocycles. The highest BCUT2D eigenvalue weighted by Gasteiger charge is 2.38. The van der Waals surface area contributed by atoms with Gasteiger partial charge < -0.3 is 16.8 Å². The molecular weight excluding hydrogens is 402 g/mol. The number of carbonyl (C=O) groups is 1. The quantitative estimate of drug-likeness (QED) is 0.495. The Morgan fingerprint density at radius 1 is 1.12 bits per heavy atom. The second-order valence-corrected chi connectivity index (χ2v) is 8.27. The summed E-state index contributed by atoms with van der Waals surface area (Å²) in [6.07, 6.45) is 3.49. The maximum Gasteiger partial charge on any atom is 0.254 e. The summed E-state index contributed by atoms with van der Waals surface area (Å²) in [6, 6.07) is 19.7. The van der Waals surface area contributed by atoms with Gasteiger partial charge in [-0.05, 0) is 42.7 Å². The van der Waals surface area contributed by atoms with Gasteiger partial charge in [0.15, 0.2) is 5.82 Å². The van der Waals surface area contributed by atoms with Gasteiger partial charge in [-0.3, -0.25) is 14.4 Å². The predicted molar refractivity (Wildman–Crippen MR) is 124 cm³/mol. The van der Waals surface area contributed by atoms with Crippen LogP contribution in [-0.4, -0.2) is 33.7 Å². The van der Waals surface area contributed by atoms with Crippen molar-refractivity contribution in [1.82, 2.24) is 14.7 Å². The lowest BCUT2D eigenvalue weighted by Gasteiger charge is -2.40. The molecule has 4 rings (SSSR count). The Kier molecular flexibility index (Phi) is 6.10. The van der Waals surface area contributed by atoms with Gasteiger partial charge in [0.2, 0.25) is 0 Å². The van der Waals surface area contributed by atoms with E-state index in [1.165, 1.54) is 5.56 Å². The topological polar surface area (TPSA) is 126 Å². The zero-order valence-corrected chi connectivity index (χ0v) is 17.9. The van der Waals surface area contributed by atoms with Crippen molar-refractivity contribution in [3.05, 3.63) is 71.9 Å². The molecule has 8 nitrogen and oxygen atoms in total. The fraction of sp³-hybridized carbons (Fsp3) is 0.292. The molecule has 1 aliphatic rings. The summed E-state index contributed by atoms with van der Waals surface area (Å²) in [5, 5.41) is 17.4. The van der Waals surface area contributed by atoms with E-state index in [9.17, 15) is 10.1 Å². The summed E-state index contributed by atoms with van der Waals surface area (Å²) >= 11 is 0. The number of nitrogens with one attached hydrogen (secondary N) is 1. The lowest BCUT2D eigenvalue weighted by Crippen LogP contribution is -2.46. The number of anilines is 3. The first-order chi connectivity index (χ1) is 15.5. The van der Waals surface area contributed by atoms with Crippen molar-refractivity contribution >= 4 is 23.1 Å². The lowest BCUT2D eigenvalue weighted by molar-refractivity contribution is 0.0967. The van der Waals surface area contributed by atoms with Gasteiger partial charge in [0.05, 0.1) is 18.0 Å². The zero-order valence-electron chi connectivity index (χ0n) is 17.9. The molecule has 1 aromatic heterocycles. The molecule has 0 atom stereocenters. The van der Waals surface area contributed by atoms with E-state index in [0.717, 1.165) is 43.9 Å². The molecule has 0 radical (unpaired) electrons. The number of hydrogen-bond acceptors (Lipinski definition) is 6. The van der Waals surface area contributed by atoms with Gasteiger partial charge in [-0.1, -0.05) is 30.3 Å². The minimum Gasteiger partial charge on any atom is -0.399 e. The minimum atomic E-state index is -0.553. The van der Waals surface area contributed by atoms with Crippen LogP contribution in [0.1, 0.15) is 35.2 Å². The van der Waals surface area contributed by atoms with E-state index in [0.29, 0.717) is 17.8 Å². The maximum atomic E-state index is 12.1. The number of primary amides is 1. The summed E-state index contributed by atoms with van der Waals surface area (Å²) < 4.78 is 1.78. The van der Waals surface area contributed by atoms with Crippen LogP contribution in [0.15, 0.2) is 60.8 Å². The number of amides is 1. The van der Waals surface area contributed by atoms with Crippen LogP contribution in [0.3, 0.4) is 0 Å². The Balaban J connectivity index is 1.54. The molecule has 8 heteroatoms. The van der Waals surface area contributed by atoms with Crippen LogP contribution in [0.4, 0.5) is 17.2 Å². The van der Waals surface area contributed by atoms with E-state index < -0.39 is 11.4 Å². The zero-order chi connectivity index (χ0) is 22.6. The van der Waals surface area contributed by atoms with Crippen molar-refractivity contribution < 1.29 is 4.79 Å². The second-order valence-electron chi connectivity index (χ2n) is 8.27. The number of benzene rings is 2. The molecule has 164 valence electrons. The Hall–Kier alpha value is -3.83. The number of para-hydroxylation sites is 1. The summed E-state index contributed by atoms with van der Waals surface area (Å²) in [5.41, 5.74) is 14.0. The van der Waals surface area contributed by atoms with Crippen LogP contribution < -0.4 is 16.8 Å². The second kappa shape index (κ2) is 9.12. The van der Waals surface area contributed by atoms with Gasteiger partial charge in [0.1, 0.15) is 5.56 Å². The molecule has 0 saturated carbocycles. The Morgan fingerprint density at radius 3 is 2.44 bits per heavy atom. The van der Waals surface area contributed by atoms with Crippen LogP contribution >= 0.6 is 0 Å². The number of nitrogens with two attached hydrogens (primary N) is 2. The fourth-order valence-electron chi connectivity index (χ4n) is 4.19. The Labute approximate surface area is 187 Å². The molecule has 1 amide bonds. The Bertz CT molecular complexity index is 1110. The molecule has 1 saturated heterocycles. The third-order valence-corrected chi connectivity index (χ3v) is 6.08. The number of piperidine rings is 1. The average molecular weight is 430 g/mol. The maximum absolute atomic E-state index is 12.1. The van der Waals surface area contributed by atoms with Gasteiger partial charge in [-0.2, -0.15) is 10.4 Å². The number of likely N-dealkylation sites (tertiary alicyclic amines) is 1. The summed E-state index contributed by atoms with van der Waals surface area (Å²) in [7, 11) is 0. The van der Waals surface area contributed by atoms with Crippen molar-refractivity contribution in [2.45, 2.75) is 31.3 Å². The van der Waals surface area contributed by atoms with Crippen LogP contribution in [0.2, 0.25) is 0 Å². The number of nitriles is 1. The highest BCUT2D eigenvalue weighted by Crippen LogP contribution is 2.35. The van der Waals surface area contributed by atoms with Crippen molar-refractivity contribution in [2.75, 3.05) is 24.1 Å². The predicted octanol–water partition coefficient (Wildman–Crippen LogP) is 3.21. The average Bonchev–Trinajstić information content (AvgIpc) is 3.22. The van der Waals surface area contributed by atoms with E-state index in [2.05, 4.69) is 21.4 Å². The standard InChI is InChI=1S/C24H27N7O/c25-13-10-24(11-14-30(15-12-24)16-18-6-8-19(26)9-7-18)31-17-21(22(27)32)23(29-31)28-20-4-2-1-3-5-20/h1-9,17H,10-12,14-16,26H2,(H2,27,32)(H,28,29). The molecule has 0 aliphatic carbocycles. The number of nitrogen functional groups attached to an aromatic ring is 1. The molecular formula is C24H27N7O.